The second kappa shape index (κ2) is 12.3. The lowest BCUT2D eigenvalue weighted by molar-refractivity contribution is 0.668. The quantitative estimate of drug-likeness (QED) is 0.176. The molecule has 8 aromatic carbocycles. The smallest absolute Gasteiger partial charge is 0.164 e. The Morgan fingerprint density at radius 2 is 0.895 bits per heavy atom. The van der Waals surface area contributed by atoms with Gasteiger partial charge in [-0.15, -0.1) is 0 Å². The van der Waals surface area contributed by atoms with Gasteiger partial charge in [0.05, 0.1) is 16.7 Å². The molecule has 0 bridgehead atoms. The van der Waals surface area contributed by atoms with Gasteiger partial charge in [-0.25, -0.2) is 15.0 Å². The van der Waals surface area contributed by atoms with E-state index in [1.165, 1.54) is 5.39 Å². The summed E-state index contributed by atoms with van der Waals surface area (Å²) in [7, 11) is 0. The second-order valence-corrected chi connectivity index (χ2v) is 14.3. The van der Waals surface area contributed by atoms with Crippen LogP contribution in [0, 0.1) is 0 Å². The number of hydrogen-bond acceptors (Lipinski definition) is 5. The molecule has 0 spiro atoms. The highest BCUT2D eigenvalue weighted by molar-refractivity contribution is 6.27. The van der Waals surface area contributed by atoms with Crippen LogP contribution in [-0.4, -0.2) is 19.5 Å². The van der Waals surface area contributed by atoms with Gasteiger partial charge in [0.2, 0.25) is 0 Å². The molecule has 12 rings (SSSR count). The van der Waals surface area contributed by atoms with E-state index in [0.29, 0.717) is 17.5 Å². The zero-order valence-corrected chi connectivity index (χ0v) is 30.4. The van der Waals surface area contributed by atoms with Gasteiger partial charge >= 0.3 is 0 Å². The molecule has 0 radical (unpaired) electrons. The lowest BCUT2D eigenvalue weighted by Gasteiger charge is -2.13. The summed E-state index contributed by atoms with van der Waals surface area (Å²) in [5.41, 5.74) is 11.3. The average Bonchev–Trinajstić information content (AvgIpc) is 3.96. The fourth-order valence-electron chi connectivity index (χ4n) is 8.57. The van der Waals surface area contributed by atoms with Crippen molar-refractivity contribution in [3.8, 4) is 51.0 Å². The molecule has 266 valence electrons. The first-order chi connectivity index (χ1) is 28.3. The largest absolute Gasteiger partial charge is 0.456 e. The van der Waals surface area contributed by atoms with Crippen LogP contribution in [0.3, 0.4) is 0 Å². The van der Waals surface area contributed by atoms with E-state index in [0.717, 1.165) is 93.8 Å². The van der Waals surface area contributed by atoms with Gasteiger partial charge < -0.3 is 13.4 Å². The first-order valence-electron chi connectivity index (χ1n) is 19.0. The monoisotopic (exact) mass is 730 g/mol. The number of fused-ring (bicyclic) bond motifs is 10. The van der Waals surface area contributed by atoms with E-state index >= 15 is 0 Å². The number of rotatable bonds is 5. The maximum absolute atomic E-state index is 6.89. The highest BCUT2D eigenvalue weighted by Gasteiger charge is 2.24. The van der Waals surface area contributed by atoms with Crippen LogP contribution in [0.5, 0.6) is 0 Å². The van der Waals surface area contributed by atoms with Crippen LogP contribution in [0.4, 0.5) is 0 Å². The summed E-state index contributed by atoms with van der Waals surface area (Å²) >= 11 is 0. The molecule has 0 saturated heterocycles. The summed E-state index contributed by atoms with van der Waals surface area (Å²) in [4.78, 5) is 15.2. The van der Waals surface area contributed by atoms with Crippen molar-refractivity contribution in [1.29, 1.82) is 0 Å². The molecule has 4 aromatic heterocycles. The fourth-order valence-corrected chi connectivity index (χ4v) is 8.57. The van der Waals surface area contributed by atoms with Crippen molar-refractivity contribution in [2.75, 3.05) is 0 Å². The molecule has 0 saturated carbocycles. The van der Waals surface area contributed by atoms with Crippen LogP contribution in [-0.2, 0) is 0 Å². The Morgan fingerprint density at radius 1 is 0.333 bits per heavy atom. The van der Waals surface area contributed by atoms with E-state index < -0.39 is 0 Å². The highest BCUT2D eigenvalue weighted by Crippen LogP contribution is 2.45. The minimum atomic E-state index is 0.581. The normalized spacial score (nSPS) is 11.9. The van der Waals surface area contributed by atoms with E-state index in [1.807, 2.05) is 84.9 Å². The molecule has 0 amide bonds. The molecule has 0 N–H and O–H groups in total. The van der Waals surface area contributed by atoms with Gasteiger partial charge in [0.15, 0.2) is 17.5 Å². The third-order valence-corrected chi connectivity index (χ3v) is 11.0. The topological polar surface area (TPSA) is 69.9 Å². The predicted molar refractivity (Wildman–Crippen MR) is 230 cm³/mol. The van der Waals surface area contributed by atoms with E-state index in [1.54, 1.807) is 0 Å². The third kappa shape index (κ3) is 4.87. The van der Waals surface area contributed by atoms with Crippen LogP contribution in [0.15, 0.2) is 191 Å². The van der Waals surface area contributed by atoms with Crippen LogP contribution >= 0.6 is 0 Å². The Bertz CT molecular complexity index is 3450. The van der Waals surface area contributed by atoms with Gasteiger partial charge in [0.1, 0.15) is 22.3 Å². The van der Waals surface area contributed by atoms with Gasteiger partial charge in [0, 0.05) is 55.1 Å². The minimum absolute atomic E-state index is 0.581. The molecule has 0 atom stereocenters. The van der Waals surface area contributed by atoms with Crippen molar-refractivity contribution in [3.63, 3.8) is 0 Å². The molecule has 4 heterocycles. The molecular formula is C51H30N4O2. The molecule has 0 unspecified atom stereocenters. The van der Waals surface area contributed by atoms with Gasteiger partial charge in [-0.1, -0.05) is 140 Å². The van der Waals surface area contributed by atoms with Crippen LogP contribution < -0.4 is 0 Å². The number of aromatic nitrogens is 4. The molecule has 0 aliphatic carbocycles. The maximum Gasteiger partial charge on any atom is 0.164 e. The van der Waals surface area contributed by atoms with Crippen molar-refractivity contribution in [2.45, 2.75) is 0 Å². The van der Waals surface area contributed by atoms with Crippen molar-refractivity contribution in [2.24, 2.45) is 0 Å². The fraction of sp³-hybridized carbons (Fsp3) is 0. The number of furan rings is 2. The summed E-state index contributed by atoms with van der Waals surface area (Å²) in [5.74, 6) is 1.80. The molecule has 12 aromatic rings. The SMILES string of the molecule is c1ccc(-c2nc(-c3ccccc3)nc(-c3cccc4oc5cc(-n6c7ccccc7c7c8c(ccc76)oc6ccccc68)cc(-c6ccccc6)c5c34)n2)cc1. The van der Waals surface area contributed by atoms with Gasteiger partial charge in [-0.2, -0.15) is 0 Å². The Labute approximate surface area is 325 Å². The molecule has 0 aliphatic heterocycles. The number of nitrogens with zero attached hydrogens (tertiary/aromatic N) is 4. The Morgan fingerprint density at radius 3 is 1.63 bits per heavy atom. The van der Waals surface area contributed by atoms with Crippen LogP contribution in [0.2, 0.25) is 0 Å². The minimum Gasteiger partial charge on any atom is -0.456 e. The number of para-hydroxylation sites is 2. The summed E-state index contributed by atoms with van der Waals surface area (Å²) in [6.07, 6.45) is 0. The molecule has 0 fully saturated rings. The van der Waals surface area contributed by atoms with Crippen molar-refractivity contribution >= 4 is 65.7 Å². The standard InChI is InChI=1S/C51H30N4O2/c1-4-15-31(16-5-1)38-29-34(55-39-24-12-10-21-35(39)45-40(55)27-28-43-46(45)36-22-11-13-25-41(36)56-43)30-44-48(38)47-37(23-14-26-42(47)57-44)51-53-49(32-17-6-2-7-18-32)52-50(54-51)33-19-8-3-9-20-33/h1-30H. The van der Waals surface area contributed by atoms with E-state index in [-0.39, 0.29) is 0 Å². The van der Waals surface area contributed by atoms with Crippen molar-refractivity contribution in [1.82, 2.24) is 19.5 Å². The van der Waals surface area contributed by atoms with Gasteiger partial charge in [0.25, 0.3) is 0 Å². The van der Waals surface area contributed by atoms with E-state index in [9.17, 15) is 0 Å². The number of benzene rings is 8. The summed E-state index contributed by atoms with van der Waals surface area (Å²) in [5, 5.41) is 6.52. The van der Waals surface area contributed by atoms with Crippen LogP contribution in [0.25, 0.3) is 117 Å². The summed E-state index contributed by atoms with van der Waals surface area (Å²) in [6, 6.07) is 62.5. The van der Waals surface area contributed by atoms with Gasteiger partial charge in [-0.05, 0) is 47.5 Å². The predicted octanol–water partition coefficient (Wildman–Crippen LogP) is 13.4. The molecule has 0 aliphatic rings. The zero-order chi connectivity index (χ0) is 37.5. The first kappa shape index (κ1) is 31.5. The lowest BCUT2D eigenvalue weighted by atomic mass is 9.96. The lowest BCUT2D eigenvalue weighted by Crippen LogP contribution is -2.00. The number of hydrogen-bond donors (Lipinski definition) is 0. The van der Waals surface area contributed by atoms with Crippen molar-refractivity contribution < 1.29 is 8.83 Å². The van der Waals surface area contributed by atoms with E-state index in [4.69, 9.17) is 23.8 Å². The van der Waals surface area contributed by atoms with E-state index in [2.05, 4.69) is 102 Å². The summed E-state index contributed by atoms with van der Waals surface area (Å²) < 4.78 is 15.6. The second-order valence-electron chi connectivity index (χ2n) is 14.3. The molecule has 57 heavy (non-hydrogen) atoms. The van der Waals surface area contributed by atoms with Crippen molar-refractivity contribution in [3.05, 3.63) is 182 Å². The Kier molecular flexibility index (Phi) is 6.83. The first-order valence-corrected chi connectivity index (χ1v) is 19.0. The van der Waals surface area contributed by atoms with Gasteiger partial charge in [-0.3, -0.25) is 0 Å². The third-order valence-electron chi connectivity index (χ3n) is 11.0. The Hall–Kier alpha value is -7.83. The Balaban J connectivity index is 1.16. The molecular weight excluding hydrogens is 701 g/mol. The molecule has 6 nitrogen and oxygen atoms in total. The molecule has 6 heteroatoms. The average molecular weight is 731 g/mol. The maximum atomic E-state index is 6.89. The van der Waals surface area contributed by atoms with Crippen LogP contribution in [0.1, 0.15) is 0 Å². The summed E-state index contributed by atoms with van der Waals surface area (Å²) in [6.45, 7) is 0. The zero-order valence-electron chi connectivity index (χ0n) is 30.4. The highest BCUT2D eigenvalue weighted by atomic mass is 16.3.